The molecule has 0 bridgehead atoms. The summed E-state index contributed by atoms with van der Waals surface area (Å²) in [6.45, 7) is 7.02. The molecule has 0 aliphatic heterocycles. The number of amides is 1. The van der Waals surface area contributed by atoms with Crippen LogP contribution in [0.4, 0.5) is 0 Å². The summed E-state index contributed by atoms with van der Waals surface area (Å²) >= 11 is 1.76. The minimum atomic E-state index is -0.230. The van der Waals surface area contributed by atoms with Gasteiger partial charge in [0.15, 0.2) is 0 Å². The summed E-state index contributed by atoms with van der Waals surface area (Å²) in [4.78, 5) is 14.1. The van der Waals surface area contributed by atoms with Gasteiger partial charge >= 0.3 is 0 Å². The highest BCUT2D eigenvalue weighted by molar-refractivity contribution is 7.12. The van der Waals surface area contributed by atoms with E-state index in [0.717, 1.165) is 0 Å². The van der Waals surface area contributed by atoms with Crippen molar-refractivity contribution in [3.8, 4) is 12.3 Å². The Balaban J connectivity index is 2.40. The molecule has 0 spiro atoms. The van der Waals surface area contributed by atoms with Crippen LogP contribution in [0.15, 0.2) is 6.07 Å². The first-order valence-electron chi connectivity index (χ1n) is 5.55. The van der Waals surface area contributed by atoms with Gasteiger partial charge in [-0.1, -0.05) is 5.92 Å². The van der Waals surface area contributed by atoms with Crippen molar-refractivity contribution in [1.29, 1.82) is 0 Å². The highest BCUT2D eigenvalue weighted by Crippen LogP contribution is 2.20. The second-order valence-corrected chi connectivity index (χ2v) is 5.32. The average molecular weight is 250 g/mol. The fraction of sp³-hybridized carbons (Fsp3) is 0.462. The van der Waals surface area contributed by atoms with Crippen molar-refractivity contribution in [2.24, 2.45) is 0 Å². The molecule has 0 fully saturated rings. The standard InChI is InChI=1S/C13H18N2OS/c1-5-6-14-13(16)10(3)15-8-12-7-9(2)11(4)17-12/h1,7,10,15H,6,8H2,2-4H3,(H,14,16). The summed E-state index contributed by atoms with van der Waals surface area (Å²) in [5.74, 6) is 2.32. The lowest BCUT2D eigenvalue weighted by atomic mass is 10.2. The minimum absolute atomic E-state index is 0.0621. The quantitative estimate of drug-likeness (QED) is 0.779. The first kappa shape index (κ1) is 13.8. The van der Waals surface area contributed by atoms with E-state index in [0.29, 0.717) is 6.54 Å². The van der Waals surface area contributed by atoms with Crippen LogP contribution in [-0.4, -0.2) is 18.5 Å². The lowest BCUT2D eigenvalue weighted by Crippen LogP contribution is -2.41. The Morgan fingerprint density at radius 1 is 1.59 bits per heavy atom. The average Bonchev–Trinajstić information content (AvgIpc) is 2.62. The lowest BCUT2D eigenvalue weighted by molar-refractivity contribution is -0.122. The van der Waals surface area contributed by atoms with Crippen molar-refractivity contribution in [1.82, 2.24) is 10.6 Å². The molecule has 1 aromatic heterocycles. The summed E-state index contributed by atoms with van der Waals surface area (Å²) in [6, 6.07) is 1.92. The van der Waals surface area contributed by atoms with Crippen LogP contribution >= 0.6 is 11.3 Å². The fourth-order valence-corrected chi connectivity index (χ4v) is 2.38. The first-order chi connectivity index (χ1) is 8.04. The third kappa shape index (κ3) is 4.22. The summed E-state index contributed by atoms with van der Waals surface area (Å²) < 4.78 is 0. The number of thiophene rings is 1. The maximum atomic E-state index is 11.5. The molecular formula is C13H18N2OS. The molecule has 1 rings (SSSR count). The largest absolute Gasteiger partial charge is 0.344 e. The first-order valence-corrected chi connectivity index (χ1v) is 6.36. The molecule has 1 aromatic rings. The minimum Gasteiger partial charge on any atom is -0.344 e. The zero-order valence-corrected chi connectivity index (χ0v) is 11.3. The second kappa shape index (κ2) is 6.43. The van der Waals surface area contributed by atoms with Crippen LogP contribution in [0.3, 0.4) is 0 Å². The number of aryl methyl sites for hydroxylation is 2. The predicted octanol–water partition coefficient (Wildman–Crippen LogP) is 1.59. The maximum Gasteiger partial charge on any atom is 0.237 e. The predicted molar refractivity (Wildman–Crippen MR) is 71.9 cm³/mol. The van der Waals surface area contributed by atoms with E-state index in [2.05, 4.69) is 36.5 Å². The zero-order valence-electron chi connectivity index (χ0n) is 10.5. The number of carbonyl (C=O) groups excluding carboxylic acids is 1. The van der Waals surface area contributed by atoms with E-state index >= 15 is 0 Å². The van der Waals surface area contributed by atoms with Gasteiger partial charge in [0.2, 0.25) is 5.91 Å². The SMILES string of the molecule is C#CCNC(=O)C(C)NCc1cc(C)c(C)s1. The molecule has 2 N–H and O–H groups in total. The van der Waals surface area contributed by atoms with Crippen molar-refractivity contribution >= 4 is 17.2 Å². The van der Waals surface area contributed by atoms with Gasteiger partial charge in [-0.25, -0.2) is 0 Å². The van der Waals surface area contributed by atoms with Crippen LogP contribution in [0.25, 0.3) is 0 Å². The van der Waals surface area contributed by atoms with Gasteiger partial charge in [0.1, 0.15) is 0 Å². The van der Waals surface area contributed by atoms with E-state index < -0.39 is 0 Å². The van der Waals surface area contributed by atoms with E-state index in [9.17, 15) is 4.79 Å². The van der Waals surface area contributed by atoms with Crippen LogP contribution in [0.2, 0.25) is 0 Å². The van der Waals surface area contributed by atoms with Gasteiger partial charge in [0, 0.05) is 16.3 Å². The van der Waals surface area contributed by atoms with Gasteiger partial charge in [-0.05, 0) is 32.4 Å². The van der Waals surface area contributed by atoms with E-state index in [1.165, 1.54) is 15.3 Å². The maximum absolute atomic E-state index is 11.5. The molecule has 17 heavy (non-hydrogen) atoms. The summed E-state index contributed by atoms with van der Waals surface area (Å²) in [6.07, 6.45) is 5.08. The fourth-order valence-electron chi connectivity index (χ4n) is 1.37. The van der Waals surface area contributed by atoms with E-state index in [-0.39, 0.29) is 18.5 Å². The van der Waals surface area contributed by atoms with Gasteiger partial charge in [-0.3, -0.25) is 4.79 Å². The van der Waals surface area contributed by atoms with Crippen molar-refractivity contribution in [3.05, 3.63) is 21.4 Å². The summed E-state index contributed by atoms with van der Waals surface area (Å²) in [5.41, 5.74) is 1.30. The monoisotopic (exact) mass is 250 g/mol. The molecule has 3 nitrogen and oxygen atoms in total. The third-order valence-electron chi connectivity index (χ3n) is 2.56. The topological polar surface area (TPSA) is 41.1 Å². The van der Waals surface area contributed by atoms with E-state index in [4.69, 9.17) is 6.42 Å². The third-order valence-corrected chi connectivity index (χ3v) is 3.71. The van der Waals surface area contributed by atoms with Crippen LogP contribution in [0.5, 0.6) is 0 Å². The Bertz CT molecular complexity index is 412. The van der Waals surface area contributed by atoms with Crippen LogP contribution < -0.4 is 10.6 Å². The van der Waals surface area contributed by atoms with Gasteiger partial charge in [-0.2, -0.15) is 0 Å². The number of hydrogen-bond donors (Lipinski definition) is 2. The molecule has 1 atom stereocenters. The van der Waals surface area contributed by atoms with Crippen LogP contribution in [-0.2, 0) is 11.3 Å². The zero-order chi connectivity index (χ0) is 12.8. The summed E-state index contributed by atoms with van der Waals surface area (Å²) in [5, 5.41) is 5.83. The van der Waals surface area contributed by atoms with Crippen molar-refractivity contribution in [2.45, 2.75) is 33.4 Å². The molecule has 0 saturated carbocycles. The molecular weight excluding hydrogens is 232 g/mol. The van der Waals surface area contributed by atoms with Crippen molar-refractivity contribution in [2.75, 3.05) is 6.54 Å². The van der Waals surface area contributed by atoms with Crippen LogP contribution in [0.1, 0.15) is 22.2 Å². The van der Waals surface area contributed by atoms with Crippen LogP contribution in [0, 0.1) is 26.2 Å². The molecule has 92 valence electrons. The Morgan fingerprint density at radius 3 is 2.82 bits per heavy atom. The summed E-state index contributed by atoms with van der Waals surface area (Å²) in [7, 11) is 0. The smallest absolute Gasteiger partial charge is 0.237 e. The molecule has 1 heterocycles. The molecule has 0 aliphatic rings. The molecule has 1 unspecified atom stereocenters. The molecule has 0 saturated heterocycles. The highest BCUT2D eigenvalue weighted by Gasteiger charge is 2.11. The van der Waals surface area contributed by atoms with Crippen molar-refractivity contribution < 1.29 is 4.79 Å². The Kier molecular flexibility index (Phi) is 5.20. The lowest BCUT2D eigenvalue weighted by Gasteiger charge is -2.11. The molecule has 1 amide bonds. The Labute approximate surface area is 107 Å². The van der Waals surface area contributed by atoms with Gasteiger partial charge in [-0.15, -0.1) is 17.8 Å². The van der Waals surface area contributed by atoms with E-state index in [1.54, 1.807) is 11.3 Å². The highest BCUT2D eigenvalue weighted by atomic mass is 32.1. The molecule has 0 aromatic carbocycles. The normalized spacial score (nSPS) is 11.9. The number of nitrogens with one attached hydrogen (secondary N) is 2. The number of terminal acetylenes is 1. The molecule has 0 aliphatic carbocycles. The van der Waals surface area contributed by atoms with Gasteiger partial charge < -0.3 is 10.6 Å². The Hall–Kier alpha value is -1.31. The number of carbonyl (C=O) groups is 1. The number of rotatable bonds is 5. The second-order valence-electron chi connectivity index (χ2n) is 3.98. The Morgan fingerprint density at radius 2 is 2.29 bits per heavy atom. The van der Waals surface area contributed by atoms with Crippen molar-refractivity contribution in [3.63, 3.8) is 0 Å². The van der Waals surface area contributed by atoms with Gasteiger partial charge in [0.05, 0.1) is 12.6 Å². The van der Waals surface area contributed by atoms with E-state index in [1.807, 2.05) is 6.92 Å². The van der Waals surface area contributed by atoms with Gasteiger partial charge in [0.25, 0.3) is 0 Å². The number of hydrogen-bond acceptors (Lipinski definition) is 3. The molecule has 0 radical (unpaired) electrons. The molecule has 4 heteroatoms.